The van der Waals surface area contributed by atoms with Crippen LogP contribution in [0.3, 0.4) is 0 Å². The monoisotopic (exact) mass is 402 g/mol. The van der Waals surface area contributed by atoms with Crippen molar-refractivity contribution in [3.05, 3.63) is 0 Å². The Labute approximate surface area is 102 Å². The van der Waals surface area contributed by atoms with Crippen molar-refractivity contribution in [2.24, 2.45) is 0 Å². The van der Waals surface area contributed by atoms with Crippen molar-refractivity contribution in [1.29, 1.82) is 0 Å². The highest BCUT2D eigenvalue weighted by Gasteiger charge is 2.17. The molecule has 0 aliphatic heterocycles. The van der Waals surface area contributed by atoms with Crippen LogP contribution in [0.2, 0.25) is 0 Å². The van der Waals surface area contributed by atoms with Crippen LogP contribution in [-0.4, -0.2) is 18.5 Å². The van der Waals surface area contributed by atoms with Crippen LogP contribution in [0.5, 0.6) is 0 Å². The zero-order valence-corrected chi connectivity index (χ0v) is 12.3. The average Bonchev–Trinajstić information content (AvgIpc) is 1.81. The molecule has 0 aromatic rings. The summed E-state index contributed by atoms with van der Waals surface area (Å²) in [6.07, 6.45) is 2.19. The molecule has 0 aromatic heterocycles. The van der Waals surface area contributed by atoms with Gasteiger partial charge in [0.15, 0.2) is 0 Å². The van der Waals surface area contributed by atoms with Crippen molar-refractivity contribution in [3.63, 3.8) is 0 Å². The van der Waals surface area contributed by atoms with Gasteiger partial charge in [0, 0.05) is 0 Å². The molecule has 0 saturated heterocycles. The molecule has 4 nitrogen and oxygen atoms in total. The van der Waals surface area contributed by atoms with Gasteiger partial charge in [-0.25, -0.2) is 4.57 Å². The Morgan fingerprint density at radius 2 is 1.77 bits per heavy atom. The Morgan fingerprint density at radius 1 is 1.23 bits per heavy atom. The fourth-order valence-corrected chi connectivity index (χ4v) is 1.82. The normalized spacial score (nSPS) is 13.3. The predicted octanol–water partition coefficient (Wildman–Crippen LogP) is 3.10. The highest BCUT2D eigenvalue weighted by molar-refractivity contribution is 9.39. The van der Waals surface area contributed by atoms with Gasteiger partial charge in [0.1, 0.15) is 2.14 Å². The zero-order valence-electron chi connectivity index (χ0n) is 6.62. The van der Waals surface area contributed by atoms with Gasteiger partial charge in [-0.05, 0) is 19.3 Å². The van der Waals surface area contributed by atoms with Crippen LogP contribution in [0.1, 0.15) is 19.3 Å². The average molecular weight is 405 g/mol. The molecule has 2 N–H and O–H groups in total. The van der Waals surface area contributed by atoms with E-state index in [9.17, 15) is 4.57 Å². The van der Waals surface area contributed by atoms with Crippen molar-refractivity contribution in [3.8, 4) is 0 Å². The van der Waals surface area contributed by atoms with Crippen molar-refractivity contribution in [2.45, 2.75) is 21.4 Å². The van der Waals surface area contributed by atoms with E-state index in [0.717, 1.165) is 12.8 Å². The van der Waals surface area contributed by atoms with Crippen LogP contribution in [0.4, 0.5) is 0 Å². The summed E-state index contributed by atoms with van der Waals surface area (Å²) in [7, 11) is -4.28. The number of phosphoric acid groups is 1. The van der Waals surface area contributed by atoms with Gasteiger partial charge < -0.3 is 9.79 Å². The van der Waals surface area contributed by atoms with E-state index in [1.54, 1.807) is 0 Å². The molecule has 0 aliphatic rings. The lowest BCUT2D eigenvalue weighted by Gasteiger charge is -2.11. The maximum Gasteiger partial charge on any atom is 0.469 e. The maximum absolute atomic E-state index is 10.2. The summed E-state index contributed by atoms with van der Waals surface area (Å²) in [6.45, 7) is 0.0767. The van der Waals surface area contributed by atoms with E-state index >= 15 is 0 Å². The van der Waals surface area contributed by atoms with E-state index in [1.165, 1.54) is 0 Å². The second kappa shape index (κ2) is 6.20. The number of halogens is 3. The van der Waals surface area contributed by atoms with Crippen LogP contribution in [0.15, 0.2) is 0 Å². The Hall–Kier alpha value is 1.55. The quantitative estimate of drug-likeness (QED) is 0.420. The molecular weight excluding hydrogens is 395 g/mol. The second-order valence-corrected chi connectivity index (χ2v) is 10.9. The molecule has 0 fully saturated rings. The molecule has 0 radical (unpaired) electrons. The lowest BCUT2D eigenvalue weighted by atomic mass is 10.3. The topological polar surface area (TPSA) is 66.8 Å². The van der Waals surface area contributed by atoms with Gasteiger partial charge in [-0.1, -0.05) is 47.8 Å². The summed E-state index contributed by atoms with van der Waals surface area (Å²) in [5, 5.41) is 0. The molecule has 0 aliphatic carbocycles. The number of alkyl halides is 3. The number of hydrogen-bond acceptors (Lipinski definition) is 2. The first-order chi connectivity index (χ1) is 5.71. The molecule has 0 aromatic carbocycles. The van der Waals surface area contributed by atoms with E-state index in [0.29, 0.717) is 6.42 Å². The summed E-state index contributed by atoms with van der Waals surface area (Å²) in [5.74, 6) is 0. The smallest absolute Gasteiger partial charge is 0.303 e. The molecule has 0 spiro atoms. The molecule has 0 saturated carbocycles. The Bertz CT molecular complexity index is 187. The van der Waals surface area contributed by atoms with Crippen LogP contribution < -0.4 is 0 Å². The highest BCUT2D eigenvalue weighted by Crippen LogP contribution is 2.39. The van der Waals surface area contributed by atoms with E-state index in [-0.39, 0.29) is 8.75 Å². The number of unbranched alkanes of at least 4 members (excludes halogenated alkanes) is 1. The molecule has 8 heteroatoms. The maximum atomic E-state index is 10.2. The number of hydrogen-bond donors (Lipinski definition) is 2. The summed E-state index contributed by atoms with van der Waals surface area (Å²) >= 11 is 9.93. The zero-order chi connectivity index (χ0) is 10.5. The van der Waals surface area contributed by atoms with E-state index in [1.807, 2.05) is 0 Å². The summed E-state index contributed by atoms with van der Waals surface area (Å²) in [4.78, 5) is 16.7. The lowest BCUT2D eigenvalue weighted by molar-refractivity contribution is 0.193. The summed E-state index contributed by atoms with van der Waals surface area (Å²) in [5.41, 5.74) is 0. The molecule has 0 amide bonds. The molecule has 80 valence electrons. The molecule has 0 rings (SSSR count). The van der Waals surface area contributed by atoms with Crippen LogP contribution in [-0.2, 0) is 9.09 Å². The SMILES string of the molecule is O=P(O)(O)OCCCCC(Br)(Br)Br. The first kappa shape index (κ1) is 14.6. The summed E-state index contributed by atoms with van der Waals surface area (Å²) < 4.78 is 14.2. The molecule has 0 unspecified atom stereocenters. The number of rotatable bonds is 5. The van der Waals surface area contributed by atoms with Crippen molar-refractivity contribution < 1.29 is 18.9 Å². The largest absolute Gasteiger partial charge is 0.469 e. The van der Waals surface area contributed by atoms with E-state index in [2.05, 4.69) is 52.3 Å². The van der Waals surface area contributed by atoms with Crippen LogP contribution in [0, 0.1) is 0 Å². The fourth-order valence-electron chi connectivity index (χ4n) is 0.611. The van der Waals surface area contributed by atoms with Crippen LogP contribution >= 0.6 is 55.6 Å². The van der Waals surface area contributed by atoms with E-state index < -0.39 is 7.82 Å². The first-order valence-electron chi connectivity index (χ1n) is 3.47. The third-order valence-corrected chi connectivity index (χ3v) is 2.82. The fraction of sp³-hybridized carbons (Fsp3) is 1.00. The molecule has 13 heavy (non-hydrogen) atoms. The van der Waals surface area contributed by atoms with Gasteiger partial charge in [0.05, 0.1) is 6.61 Å². The minimum atomic E-state index is -4.28. The first-order valence-corrected chi connectivity index (χ1v) is 7.38. The molecule has 0 bridgehead atoms. The number of phosphoric ester groups is 1. The van der Waals surface area contributed by atoms with Crippen molar-refractivity contribution >= 4 is 55.6 Å². The van der Waals surface area contributed by atoms with Gasteiger partial charge in [-0.15, -0.1) is 0 Å². The highest BCUT2D eigenvalue weighted by atomic mass is 80.0. The van der Waals surface area contributed by atoms with Crippen molar-refractivity contribution in [1.82, 2.24) is 0 Å². The third-order valence-electron chi connectivity index (χ3n) is 1.11. The Kier molecular flexibility index (Phi) is 6.94. The van der Waals surface area contributed by atoms with Gasteiger partial charge in [-0.3, -0.25) is 4.52 Å². The predicted molar refractivity (Wildman–Crippen MR) is 61.4 cm³/mol. The van der Waals surface area contributed by atoms with Gasteiger partial charge in [-0.2, -0.15) is 0 Å². The Balaban J connectivity index is 3.33. The molecule has 0 heterocycles. The third kappa shape index (κ3) is 13.6. The van der Waals surface area contributed by atoms with Gasteiger partial charge in [0.2, 0.25) is 0 Å². The van der Waals surface area contributed by atoms with Crippen molar-refractivity contribution in [2.75, 3.05) is 6.61 Å². The molecular formula is C5H10Br3O4P. The Morgan fingerprint density at radius 3 is 2.15 bits per heavy atom. The lowest BCUT2D eigenvalue weighted by Crippen LogP contribution is -2.00. The van der Waals surface area contributed by atoms with E-state index in [4.69, 9.17) is 9.79 Å². The summed E-state index contributed by atoms with van der Waals surface area (Å²) in [6, 6.07) is 0. The van der Waals surface area contributed by atoms with Crippen LogP contribution in [0.25, 0.3) is 0 Å². The van der Waals surface area contributed by atoms with Gasteiger partial charge in [0.25, 0.3) is 0 Å². The minimum Gasteiger partial charge on any atom is -0.303 e. The second-order valence-electron chi connectivity index (χ2n) is 2.40. The minimum absolute atomic E-state index is 0.0767. The van der Waals surface area contributed by atoms with Gasteiger partial charge >= 0.3 is 7.82 Å². The standard InChI is InChI=1S/C5H10Br3O4P/c6-5(7,8)3-1-2-4-12-13(9,10)11/h1-4H2,(H2,9,10,11). The molecule has 0 atom stereocenters.